The molecule has 182 valence electrons. The SMILES string of the molecule is CC.O=C1c2c(O)c(=O)ccn2N2CN1C/C=C/COc1c(ccc(Cl)c1F)C2c1ccccc1. The minimum absolute atomic E-state index is 0.00169. The summed E-state index contributed by atoms with van der Waals surface area (Å²) >= 11 is 6.07. The highest BCUT2D eigenvalue weighted by Crippen LogP contribution is 2.40. The maximum absolute atomic E-state index is 15.2. The number of carbonyl (C=O) groups is 1. The number of hydrogen-bond acceptors (Lipinski definition) is 5. The number of rotatable bonds is 1. The molecule has 1 amide bonds. The van der Waals surface area contributed by atoms with Gasteiger partial charge in [-0.3, -0.25) is 19.3 Å². The summed E-state index contributed by atoms with van der Waals surface area (Å²) in [5.41, 5.74) is 0.458. The number of benzene rings is 2. The second kappa shape index (κ2) is 10.2. The zero-order chi connectivity index (χ0) is 25.1. The first-order valence-corrected chi connectivity index (χ1v) is 11.7. The molecule has 0 fully saturated rings. The Morgan fingerprint density at radius 3 is 2.54 bits per heavy atom. The lowest BCUT2D eigenvalue weighted by molar-refractivity contribution is 0.0701. The molecule has 2 aliphatic heterocycles. The van der Waals surface area contributed by atoms with E-state index in [4.69, 9.17) is 16.3 Å². The molecule has 7 nitrogen and oxygen atoms in total. The average molecular weight is 498 g/mol. The second-order valence-corrected chi connectivity index (χ2v) is 8.11. The number of amides is 1. The van der Waals surface area contributed by atoms with Crippen molar-refractivity contribution in [2.75, 3.05) is 24.8 Å². The first-order valence-electron chi connectivity index (χ1n) is 11.3. The summed E-state index contributed by atoms with van der Waals surface area (Å²) in [6.07, 6.45) is 4.83. The number of carbonyl (C=O) groups excluding carboxylic acids is 1. The molecule has 0 aliphatic carbocycles. The highest BCUT2D eigenvalue weighted by molar-refractivity contribution is 6.30. The summed E-state index contributed by atoms with van der Waals surface area (Å²) in [6.45, 7) is 4.40. The number of hydrogen-bond donors (Lipinski definition) is 1. The Morgan fingerprint density at radius 2 is 1.80 bits per heavy atom. The van der Waals surface area contributed by atoms with Crippen LogP contribution in [0.3, 0.4) is 0 Å². The molecule has 5 rings (SSSR count). The van der Waals surface area contributed by atoms with Crippen molar-refractivity contribution in [3.8, 4) is 11.5 Å². The molecule has 3 aromatic rings. The normalized spacial score (nSPS) is 17.7. The van der Waals surface area contributed by atoms with Crippen molar-refractivity contribution in [2.45, 2.75) is 19.9 Å². The summed E-state index contributed by atoms with van der Waals surface area (Å²) in [5.74, 6) is -1.81. The molecule has 2 bridgehead atoms. The van der Waals surface area contributed by atoms with E-state index in [1.807, 2.05) is 44.2 Å². The average Bonchev–Trinajstić information content (AvgIpc) is 2.91. The molecule has 2 aromatic carbocycles. The third-order valence-corrected chi connectivity index (χ3v) is 6.03. The van der Waals surface area contributed by atoms with E-state index in [1.165, 1.54) is 27.9 Å². The number of aromatic hydroxyl groups is 1. The molecule has 0 spiro atoms. The Hall–Kier alpha value is -3.78. The first-order chi connectivity index (χ1) is 17.0. The standard InChI is InChI=1S/C24H19ClFN3O4.C2H6/c25-17-9-8-16-20(15-6-2-1-3-7-15)29-14-27(11-4-5-13-33-23(16)19(17)26)24(32)21-22(31)18(30)10-12-28(21)29;1-2/h1-10,12,20,31H,11,13-14H2;1-2H3/b5-4+;. The minimum Gasteiger partial charge on any atom is -0.502 e. The quantitative estimate of drug-likeness (QED) is 0.502. The molecule has 3 heterocycles. The Balaban J connectivity index is 0.00000141. The van der Waals surface area contributed by atoms with Gasteiger partial charge in [0.05, 0.1) is 5.02 Å². The fourth-order valence-corrected chi connectivity index (χ4v) is 4.34. The minimum atomic E-state index is -0.685. The fourth-order valence-electron chi connectivity index (χ4n) is 4.19. The van der Waals surface area contributed by atoms with E-state index >= 15 is 4.39 Å². The van der Waals surface area contributed by atoms with Crippen molar-refractivity contribution >= 4 is 17.5 Å². The van der Waals surface area contributed by atoms with Crippen LogP contribution in [0.5, 0.6) is 11.5 Å². The van der Waals surface area contributed by atoms with Gasteiger partial charge in [-0.25, -0.2) is 4.39 Å². The predicted octanol–water partition coefficient (Wildman–Crippen LogP) is 4.46. The molecule has 0 radical (unpaired) electrons. The summed E-state index contributed by atoms with van der Waals surface area (Å²) in [6, 6.07) is 13.0. The van der Waals surface area contributed by atoms with Gasteiger partial charge in [0, 0.05) is 24.4 Å². The van der Waals surface area contributed by atoms with E-state index in [1.54, 1.807) is 23.2 Å². The van der Waals surface area contributed by atoms with Gasteiger partial charge in [-0.1, -0.05) is 67.9 Å². The van der Waals surface area contributed by atoms with E-state index in [9.17, 15) is 14.7 Å². The van der Waals surface area contributed by atoms with Crippen LogP contribution in [0, 0.1) is 5.82 Å². The van der Waals surface area contributed by atoms with Gasteiger partial charge in [-0.15, -0.1) is 0 Å². The van der Waals surface area contributed by atoms with E-state index in [0.29, 0.717) is 5.56 Å². The smallest absolute Gasteiger partial charge is 0.278 e. The van der Waals surface area contributed by atoms with Crippen LogP contribution in [0.2, 0.25) is 5.02 Å². The zero-order valence-corrected chi connectivity index (χ0v) is 20.1. The monoisotopic (exact) mass is 497 g/mol. The lowest BCUT2D eigenvalue weighted by Gasteiger charge is -2.43. The molecule has 1 aromatic heterocycles. The lowest BCUT2D eigenvalue weighted by atomic mass is 9.96. The topological polar surface area (TPSA) is 75.0 Å². The van der Waals surface area contributed by atoms with Crippen molar-refractivity contribution in [2.24, 2.45) is 0 Å². The van der Waals surface area contributed by atoms with E-state index in [0.717, 1.165) is 5.56 Å². The Kier molecular flexibility index (Phi) is 7.12. The summed E-state index contributed by atoms with van der Waals surface area (Å²) in [7, 11) is 0. The molecule has 2 aliphatic rings. The lowest BCUT2D eigenvalue weighted by Crippen LogP contribution is -2.55. The molecule has 1 unspecified atom stereocenters. The molecule has 35 heavy (non-hydrogen) atoms. The fraction of sp³-hybridized carbons (Fsp3) is 0.231. The van der Waals surface area contributed by atoms with Crippen LogP contribution in [-0.4, -0.2) is 40.4 Å². The van der Waals surface area contributed by atoms with E-state index < -0.39 is 28.9 Å². The number of fused-ring (bicyclic) bond motifs is 5. The van der Waals surface area contributed by atoms with Crippen molar-refractivity contribution in [3.63, 3.8) is 0 Å². The number of halogens is 2. The van der Waals surface area contributed by atoms with Crippen molar-refractivity contribution in [3.05, 3.63) is 105 Å². The number of aromatic nitrogens is 1. The molecule has 1 atom stereocenters. The van der Waals surface area contributed by atoms with Gasteiger partial charge in [-0.2, -0.15) is 0 Å². The molecule has 9 heteroatoms. The van der Waals surface area contributed by atoms with Crippen LogP contribution in [0.4, 0.5) is 4.39 Å². The van der Waals surface area contributed by atoms with Crippen molar-refractivity contribution in [1.82, 2.24) is 9.58 Å². The molecule has 0 saturated carbocycles. The largest absolute Gasteiger partial charge is 0.502 e. The van der Waals surface area contributed by atoms with Gasteiger partial charge in [-0.05, 0) is 17.7 Å². The van der Waals surface area contributed by atoms with Gasteiger partial charge in [0.1, 0.15) is 19.3 Å². The predicted molar refractivity (Wildman–Crippen MR) is 132 cm³/mol. The van der Waals surface area contributed by atoms with Crippen LogP contribution >= 0.6 is 11.6 Å². The van der Waals surface area contributed by atoms with Gasteiger partial charge in [0.25, 0.3) is 5.91 Å². The van der Waals surface area contributed by atoms with Gasteiger partial charge in [0.2, 0.25) is 5.43 Å². The van der Waals surface area contributed by atoms with Crippen molar-refractivity contribution in [1.29, 1.82) is 0 Å². The molecule has 1 N–H and O–H groups in total. The van der Waals surface area contributed by atoms with Crippen LogP contribution < -0.4 is 15.2 Å². The van der Waals surface area contributed by atoms with E-state index in [-0.39, 0.29) is 36.3 Å². The highest BCUT2D eigenvalue weighted by atomic mass is 35.5. The number of pyridine rings is 1. The first kappa shape index (κ1) is 24.3. The summed E-state index contributed by atoms with van der Waals surface area (Å²) in [4.78, 5) is 26.8. The van der Waals surface area contributed by atoms with Gasteiger partial charge in [0.15, 0.2) is 23.0 Å². The van der Waals surface area contributed by atoms with Gasteiger partial charge >= 0.3 is 0 Å². The van der Waals surface area contributed by atoms with Crippen LogP contribution in [0.25, 0.3) is 0 Å². The Bertz CT molecular complexity index is 1330. The molecular formula is C26H25ClFN3O4. The Morgan fingerprint density at radius 1 is 1.06 bits per heavy atom. The summed E-state index contributed by atoms with van der Waals surface area (Å²) in [5, 5.41) is 12.2. The maximum Gasteiger partial charge on any atom is 0.278 e. The summed E-state index contributed by atoms with van der Waals surface area (Å²) < 4.78 is 22.4. The number of nitrogens with zero attached hydrogens (tertiary/aromatic N) is 3. The third kappa shape index (κ3) is 4.37. The Labute approximate surface area is 207 Å². The highest BCUT2D eigenvalue weighted by Gasteiger charge is 2.37. The van der Waals surface area contributed by atoms with Crippen LogP contribution in [0.1, 0.15) is 41.5 Å². The van der Waals surface area contributed by atoms with Crippen LogP contribution in [0.15, 0.2) is 71.7 Å². The zero-order valence-electron chi connectivity index (χ0n) is 19.3. The number of ether oxygens (including phenoxy) is 1. The van der Waals surface area contributed by atoms with Crippen molar-refractivity contribution < 1.29 is 19.0 Å². The van der Waals surface area contributed by atoms with Gasteiger partial charge < -0.3 is 14.7 Å². The third-order valence-electron chi connectivity index (χ3n) is 5.74. The second-order valence-electron chi connectivity index (χ2n) is 7.71. The van der Waals surface area contributed by atoms with Crippen LogP contribution in [-0.2, 0) is 0 Å². The maximum atomic E-state index is 15.2. The van der Waals surface area contributed by atoms with E-state index in [2.05, 4.69) is 0 Å². The molecular weight excluding hydrogens is 473 g/mol. The molecule has 0 saturated heterocycles.